The van der Waals surface area contributed by atoms with Crippen LogP contribution in [0, 0.1) is 0 Å². The normalized spacial score (nSPS) is 14.6. The van der Waals surface area contributed by atoms with E-state index >= 15 is 0 Å². The summed E-state index contributed by atoms with van der Waals surface area (Å²) in [7, 11) is 0. The van der Waals surface area contributed by atoms with E-state index in [0.717, 1.165) is 4.90 Å². The summed E-state index contributed by atoms with van der Waals surface area (Å²) in [5.74, 6) is -2.29. The molecule has 2 aromatic rings. The van der Waals surface area contributed by atoms with Gasteiger partial charge in [-0.1, -0.05) is 34.8 Å². The second kappa shape index (κ2) is 8.91. The first-order chi connectivity index (χ1) is 14.1. The molecule has 1 heterocycles. The lowest BCUT2D eigenvalue weighted by Gasteiger charge is -2.36. The molecule has 0 aliphatic carbocycles. The highest BCUT2D eigenvalue weighted by molar-refractivity contribution is 6.37. The van der Waals surface area contributed by atoms with Gasteiger partial charge in [0.05, 0.1) is 21.3 Å². The number of nitrogens with zero attached hydrogens (tertiary/aromatic N) is 2. The molecule has 2 amide bonds. The quantitative estimate of drug-likeness (QED) is 0.664. The Morgan fingerprint density at radius 1 is 0.900 bits per heavy atom. The third-order valence-electron chi connectivity index (χ3n) is 4.53. The standard InChI is InChI=1S/C19H15Cl3F3N3O2/c20-11-1-3-13(14(21)9-11)17(29)26-12-2-4-16(15(22)10-12)27-5-7-28(8-6-27)18(30)19(23,24)25/h1-4,9-10H,5-8H2,(H,26,29). The molecule has 1 saturated heterocycles. The van der Waals surface area contributed by atoms with Crippen molar-refractivity contribution in [3.8, 4) is 0 Å². The van der Waals surface area contributed by atoms with E-state index in [4.69, 9.17) is 34.8 Å². The number of alkyl halides is 3. The van der Waals surface area contributed by atoms with Gasteiger partial charge in [0.15, 0.2) is 0 Å². The molecule has 1 N–H and O–H groups in total. The van der Waals surface area contributed by atoms with Crippen LogP contribution in [0.1, 0.15) is 10.4 Å². The predicted molar refractivity (Wildman–Crippen MR) is 111 cm³/mol. The lowest BCUT2D eigenvalue weighted by molar-refractivity contribution is -0.185. The highest BCUT2D eigenvalue weighted by atomic mass is 35.5. The lowest BCUT2D eigenvalue weighted by Crippen LogP contribution is -2.52. The monoisotopic (exact) mass is 479 g/mol. The van der Waals surface area contributed by atoms with Crippen LogP contribution in [0.5, 0.6) is 0 Å². The first kappa shape index (κ1) is 22.5. The number of amides is 2. The zero-order valence-electron chi connectivity index (χ0n) is 15.3. The minimum Gasteiger partial charge on any atom is -0.367 e. The smallest absolute Gasteiger partial charge is 0.367 e. The van der Waals surface area contributed by atoms with Crippen LogP contribution >= 0.6 is 34.8 Å². The number of anilines is 2. The van der Waals surface area contributed by atoms with Crippen LogP contribution in [-0.2, 0) is 4.79 Å². The zero-order chi connectivity index (χ0) is 22.1. The first-order valence-corrected chi connectivity index (χ1v) is 9.86. The van der Waals surface area contributed by atoms with Gasteiger partial charge < -0.3 is 15.1 Å². The fraction of sp³-hybridized carbons (Fsp3) is 0.263. The summed E-state index contributed by atoms with van der Waals surface area (Å²) in [5, 5.41) is 3.60. The molecule has 0 atom stereocenters. The van der Waals surface area contributed by atoms with E-state index in [-0.39, 0.29) is 36.8 Å². The van der Waals surface area contributed by atoms with Gasteiger partial charge in [-0.2, -0.15) is 13.2 Å². The van der Waals surface area contributed by atoms with Gasteiger partial charge >= 0.3 is 12.1 Å². The maximum absolute atomic E-state index is 12.6. The van der Waals surface area contributed by atoms with E-state index in [1.807, 2.05) is 0 Å². The van der Waals surface area contributed by atoms with E-state index in [1.54, 1.807) is 23.1 Å². The van der Waals surface area contributed by atoms with E-state index in [1.165, 1.54) is 18.2 Å². The number of piperazine rings is 1. The minimum atomic E-state index is -4.88. The third-order valence-corrected chi connectivity index (χ3v) is 5.38. The Balaban J connectivity index is 1.66. The summed E-state index contributed by atoms with van der Waals surface area (Å²) in [4.78, 5) is 26.3. The number of hydrogen-bond donors (Lipinski definition) is 1. The number of hydrogen-bond acceptors (Lipinski definition) is 3. The molecule has 0 radical (unpaired) electrons. The maximum Gasteiger partial charge on any atom is 0.471 e. The average Bonchev–Trinajstić information content (AvgIpc) is 2.67. The van der Waals surface area contributed by atoms with Crippen molar-refractivity contribution in [1.29, 1.82) is 0 Å². The van der Waals surface area contributed by atoms with Crippen molar-refractivity contribution in [1.82, 2.24) is 4.90 Å². The summed E-state index contributed by atoms with van der Waals surface area (Å²) in [6, 6.07) is 9.31. The fourth-order valence-electron chi connectivity index (χ4n) is 3.04. The summed E-state index contributed by atoms with van der Waals surface area (Å²) in [5.41, 5.74) is 1.26. The molecular weight excluding hydrogens is 466 g/mol. The Morgan fingerprint density at radius 3 is 2.13 bits per heavy atom. The molecule has 2 aromatic carbocycles. The first-order valence-electron chi connectivity index (χ1n) is 8.73. The van der Waals surface area contributed by atoms with Gasteiger partial charge in [0.1, 0.15) is 0 Å². The van der Waals surface area contributed by atoms with Crippen molar-refractivity contribution in [3.05, 3.63) is 57.0 Å². The number of carbonyl (C=O) groups is 2. The van der Waals surface area contributed by atoms with Gasteiger partial charge in [-0.3, -0.25) is 9.59 Å². The molecule has 0 unspecified atom stereocenters. The topological polar surface area (TPSA) is 52.7 Å². The van der Waals surface area contributed by atoms with Crippen molar-refractivity contribution in [2.24, 2.45) is 0 Å². The van der Waals surface area contributed by atoms with Gasteiger partial charge in [0.25, 0.3) is 5.91 Å². The number of rotatable bonds is 3. The largest absolute Gasteiger partial charge is 0.471 e. The SMILES string of the molecule is O=C(Nc1ccc(N2CCN(C(=O)C(F)(F)F)CC2)c(Cl)c1)c1ccc(Cl)cc1Cl. The summed E-state index contributed by atoms with van der Waals surface area (Å²) < 4.78 is 37.7. The van der Waals surface area contributed by atoms with Crippen LogP contribution in [0.2, 0.25) is 15.1 Å². The Labute approximate surface area is 185 Å². The van der Waals surface area contributed by atoms with E-state index < -0.39 is 18.0 Å². The van der Waals surface area contributed by atoms with Gasteiger partial charge in [-0.15, -0.1) is 0 Å². The van der Waals surface area contributed by atoms with Crippen molar-refractivity contribution in [2.75, 3.05) is 36.4 Å². The fourth-order valence-corrected chi connectivity index (χ4v) is 3.84. The number of carbonyl (C=O) groups excluding carboxylic acids is 2. The maximum atomic E-state index is 12.6. The average molecular weight is 481 g/mol. The van der Waals surface area contributed by atoms with Crippen molar-refractivity contribution < 1.29 is 22.8 Å². The van der Waals surface area contributed by atoms with E-state index in [2.05, 4.69) is 5.32 Å². The Kier molecular flexibility index (Phi) is 6.69. The van der Waals surface area contributed by atoms with E-state index in [9.17, 15) is 22.8 Å². The lowest BCUT2D eigenvalue weighted by atomic mass is 10.2. The number of halogens is 6. The summed E-state index contributed by atoms with van der Waals surface area (Å²) in [6.45, 7) is 0.270. The van der Waals surface area contributed by atoms with Crippen molar-refractivity contribution in [2.45, 2.75) is 6.18 Å². The van der Waals surface area contributed by atoms with Crippen LogP contribution in [0.15, 0.2) is 36.4 Å². The predicted octanol–water partition coefficient (Wildman–Crippen LogP) is 5.11. The molecule has 0 saturated carbocycles. The van der Waals surface area contributed by atoms with Gasteiger partial charge in [0.2, 0.25) is 0 Å². The molecule has 0 aromatic heterocycles. The van der Waals surface area contributed by atoms with Crippen LogP contribution in [0.3, 0.4) is 0 Å². The van der Waals surface area contributed by atoms with Gasteiger partial charge in [-0.25, -0.2) is 0 Å². The highest BCUT2D eigenvalue weighted by Gasteiger charge is 2.43. The van der Waals surface area contributed by atoms with E-state index in [0.29, 0.717) is 21.4 Å². The second-order valence-electron chi connectivity index (χ2n) is 6.52. The Morgan fingerprint density at radius 2 is 1.57 bits per heavy atom. The molecule has 0 spiro atoms. The zero-order valence-corrected chi connectivity index (χ0v) is 17.5. The molecule has 3 rings (SSSR count). The minimum absolute atomic E-state index is 0.0672. The molecule has 1 aliphatic rings. The molecule has 5 nitrogen and oxygen atoms in total. The molecular formula is C19H15Cl3F3N3O2. The molecule has 11 heteroatoms. The van der Waals surface area contributed by atoms with Crippen molar-refractivity contribution in [3.63, 3.8) is 0 Å². The summed E-state index contributed by atoms with van der Waals surface area (Å²) in [6.07, 6.45) is -4.88. The van der Waals surface area contributed by atoms with Gasteiger partial charge in [-0.05, 0) is 36.4 Å². The van der Waals surface area contributed by atoms with Crippen LogP contribution in [-0.4, -0.2) is 49.1 Å². The number of nitrogens with one attached hydrogen (secondary N) is 1. The third kappa shape index (κ3) is 5.11. The summed E-state index contributed by atoms with van der Waals surface area (Å²) >= 11 is 18.2. The van der Waals surface area contributed by atoms with Crippen LogP contribution in [0.25, 0.3) is 0 Å². The van der Waals surface area contributed by atoms with Crippen LogP contribution < -0.4 is 10.2 Å². The van der Waals surface area contributed by atoms with Crippen molar-refractivity contribution >= 4 is 58.0 Å². The molecule has 160 valence electrons. The number of benzene rings is 2. The molecule has 0 bridgehead atoms. The molecule has 1 fully saturated rings. The Hall–Kier alpha value is -2.16. The van der Waals surface area contributed by atoms with Crippen LogP contribution in [0.4, 0.5) is 24.5 Å². The molecule has 1 aliphatic heterocycles. The molecule has 30 heavy (non-hydrogen) atoms. The highest BCUT2D eigenvalue weighted by Crippen LogP contribution is 2.31. The second-order valence-corrected chi connectivity index (χ2v) is 7.77. The Bertz CT molecular complexity index is 977. The van der Waals surface area contributed by atoms with Gasteiger partial charge in [0, 0.05) is 36.9 Å².